The molecule has 0 saturated carbocycles. The van der Waals surface area contributed by atoms with Crippen molar-refractivity contribution in [3.8, 4) is 0 Å². The summed E-state index contributed by atoms with van der Waals surface area (Å²) in [5.41, 5.74) is 7.35. The Bertz CT molecular complexity index is 769. The second-order valence-electron chi connectivity index (χ2n) is 6.63. The lowest BCUT2D eigenvalue weighted by Crippen LogP contribution is -2.41. The van der Waals surface area contributed by atoms with Gasteiger partial charge in [-0.2, -0.15) is 0 Å². The van der Waals surface area contributed by atoms with Crippen LogP contribution < -0.4 is 10.4 Å². The maximum atomic E-state index is 13.8. The standard InChI is InChI=1S/C19H21F2N3O/c1-3-11-4-6-12(7-5-11)24-19(25-2)14-10-22-17-9-16(21)15(20)8-13(17)18(14)23-24/h4-7,10,13,17,19,23H,3,8-9H2,1-2H3/t13-,17?,19?/m1/s1. The van der Waals surface area contributed by atoms with Gasteiger partial charge in [0.05, 0.1) is 11.7 Å². The highest BCUT2D eigenvalue weighted by Gasteiger charge is 2.43. The molecule has 0 saturated heterocycles. The molecule has 3 atom stereocenters. The lowest BCUT2D eigenvalue weighted by atomic mass is 9.82. The Morgan fingerprint density at radius 3 is 2.60 bits per heavy atom. The molecular formula is C19H21F2N3O. The minimum absolute atomic E-state index is 0.0221. The summed E-state index contributed by atoms with van der Waals surface area (Å²) in [7, 11) is 1.64. The number of nitrogens with zero attached hydrogens (tertiary/aromatic N) is 2. The third-order valence-corrected chi connectivity index (χ3v) is 5.22. The van der Waals surface area contributed by atoms with Gasteiger partial charge in [0.2, 0.25) is 0 Å². The first-order chi connectivity index (χ1) is 12.1. The Kier molecular flexibility index (Phi) is 4.07. The zero-order valence-corrected chi connectivity index (χ0v) is 14.3. The van der Waals surface area contributed by atoms with Crippen molar-refractivity contribution in [1.29, 1.82) is 0 Å². The number of fused-ring (bicyclic) bond motifs is 2. The van der Waals surface area contributed by atoms with Crippen molar-refractivity contribution in [2.45, 2.75) is 38.5 Å². The number of methoxy groups -OCH3 is 1. The lowest BCUT2D eigenvalue weighted by molar-refractivity contribution is 0.134. The molecule has 1 aromatic rings. The van der Waals surface area contributed by atoms with Crippen LogP contribution in [-0.4, -0.2) is 25.6 Å². The van der Waals surface area contributed by atoms with Gasteiger partial charge in [-0.1, -0.05) is 19.1 Å². The Hall–Kier alpha value is -2.21. The molecule has 25 heavy (non-hydrogen) atoms. The number of hydrogen-bond acceptors (Lipinski definition) is 4. The molecule has 132 valence electrons. The van der Waals surface area contributed by atoms with Crippen LogP contribution in [0.3, 0.4) is 0 Å². The minimum Gasteiger partial charge on any atom is -0.355 e. The van der Waals surface area contributed by atoms with Crippen LogP contribution in [0.25, 0.3) is 0 Å². The number of halogens is 2. The first-order valence-corrected chi connectivity index (χ1v) is 8.60. The molecule has 2 aliphatic heterocycles. The van der Waals surface area contributed by atoms with Crippen LogP contribution in [0.2, 0.25) is 0 Å². The number of dihydropyridines is 1. The highest BCUT2D eigenvalue weighted by molar-refractivity contribution is 5.85. The van der Waals surface area contributed by atoms with E-state index in [-0.39, 0.29) is 31.0 Å². The third kappa shape index (κ3) is 2.65. The molecule has 0 radical (unpaired) electrons. The molecule has 1 aliphatic carbocycles. The van der Waals surface area contributed by atoms with Crippen molar-refractivity contribution in [2.24, 2.45) is 10.9 Å². The van der Waals surface area contributed by atoms with Crippen LogP contribution in [0.15, 0.2) is 52.2 Å². The van der Waals surface area contributed by atoms with Crippen LogP contribution in [0.1, 0.15) is 25.3 Å². The number of aliphatic imine (C=N–C) groups is 1. The number of allylic oxidation sites excluding steroid dienone is 1. The molecule has 0 fully saturated rings. The first-order valence-electron chi connectivity index (χ1n) is 8.60. The normalized spacial score (nSPS) is 28.2. The summed E-state index contributed by atoms with van der Waals surface area (Å²) in [4.78, 5) is 4.46. The number of hydrogen-bond donors (Lipinski definition) is 1. The highest BCUT2D eigenvalue weighted by Crippen LogP contribution is 2.42. The largest absolute Gasteiger partial charge is 0.355 e. The highest BCUT2D eigenvalue weighted by atomic mass is 19.2. The summed E-state index contributed by atoms with van der Waals surface area (Å²) < 4.78 is 33.1. The fourth-order valence-electron chi connectivity index (χ4n) is 3.78. The van der Waals surface area contributed by atoms with Crippen molar-refractivity contribution >= 4 is 11.9 Å². The van der Waals surface area contributed by atoms with E-state index in [4.69, 9.17) is 4.74 Å². The summed E-state index contributed by atoms with van der Waals surface area (Å²) in [5.74, 6) is -1.51. The Morgan fingerprint density at radius 1 is 1.20 bits per heavy atom. The molecule has 0 bridgehead atoms. The Balaban J connectivity index is 1.65. The molecule has 1 N–H and O–H groups in total. The van der Waals surface area contributed by atoms with Gasteiger partial charge in [0.15, 0.2) is 6.23 Å². The summed E-state index contributed by atoms with van der Waals surface area (Å²) in [6.45, 7) is 2.11. The summed E-state index contributed by atoms with van der Waals surface area (Å²) in [5, 5.41) is 1.92. The maximum absolute atomic E-state index is 13.8. The van der Waals surface area contributed by atoms with Gasteiger partial charge in [-0.15, -0.1) is 0 Å². The fourth-order valence-corrected chi connectivity index (χ4v) is 3.78. The number of anilines is 1. The van der Waals surface area contributed by atoms with E-state index >= 15 is 0 Å². The topological polar surface area (TPSA) is 36.9 Å². The zero-order valence-electron chi connectivity index (χ0n) is 14.3. The van der Waals surface area contributed by atoms with Gasteiger partial charge in [-0.25, -0.2) is 8.78 Å². The van der Waals surface area contributed by atoms with Crippen LogP contribution >= 0.6 is 0 Å². The van der Waals surface area contributed by atoms with E-state index in [1.165, 1.54) is 5.56 Å². The van der Waals surface area contributed by atoms with Gasteiger partial charge < -0.3 is 4.74 Å². The average Bonchev–Trinajstić information content (AvgIpc) is 3.02. The van der Waals surface area contributed by atoms with Gasteiger partial charge >= 0.3 is 0 Å². The molecule has 4 nitrogen and oxygen atoms in total. The SMILES string of the molecule is CCc1ccc(N2NC3=C(C=NC4CC(F)=C(F)C[C@@H]34)C2OC)cc1. The van der Waals surface area contributed by atoms with E-state index in [0.717, 1.165) is 23.4 Å². The smallest absolute Gasteiger partial charge is 0.177 e. The maximum Gasteiger partial charge on any atom is 0.177 e. The van der Waals surface area contributed by atoms with Crippen LogP contribution in [0, 0.1) is 5.92 Å². The van der Waals surface area contributed by atoms with E-state index in [1.807, 2.05) is 17.1 Å². The average molecular weight is 345 g/mol. The Labute approximate surface area is 145 Å². The molecule has 0 spiro atoms. The van der Waals surface area contributed by atoms with Crippen molar-refractivity contribution < 1.29 is 13.5 Å². The van der Waals surface area contributed by atoms with Crippen LogP contribution in [-0.2, 0) is 11.2 Å². The predicted molar refractivity (Wildman–Crippen MR) is 93.5 cm³/mol. The van der Waals surface area contributed by atoms with Gasteiger partial charge in [-0.3, -0.25) is 15.4 Å². The third-order valence-electron chi connectivity index (χ3n) is 5.22. The molecule has 4 rings (SSSR count). The van der Waals surface area contributed by atoms with E-state index in [1.54, 1.807) is 13.3 Å². The van der Waals surface area contributed by atoms with Crippen molar-refractivity contribution in [2.75, 3.05) is 12.1 Å². The van der Waals surface area contributed by atoms with Crippen molar-refractivity contribution in [1.82, 2.24) is 5.43 Å². The van der Waals surface area contributed by atoms with Crippen LogP contribution in [0.4, 0.5) is 14.5 Å². The van der Waals surface area contributed by atoms with Crippen molar-refractivity contribution in [3.05, 3.63) is 52.8 Å². The molecular weight excluding hydrogens is 324 g/mol. The van der Waals surface area contributed by atoms with E-state index in [0.29, 0.717) is 0 Å². The molecule has 0 aromatic heterocycles. The summed E-state index contributed by atoms with van der Waals surface area (Å²) in [6.07, 6.45) is 2.44. The van der Waals surface area contributed by atoms with Gasteiger partial charge in [0.1, 0.15) is 11.7 Å². The Morgan fingerprint density at radius 2 is 1.92 bits per heavy atom. The van der Waals surface area contributed by atoms with Gasteiger partial charge in [-0.05, 0) is 24.1 Å². The number of rotatable bonds is 3. The number of ether oxygens (including phenoxy) is 1. The molecule has 6 heteroatoms. The number of aryl methyl sites for hydroxylation is 1. The fraction of sp³-hybridized carbons (Fsp3) is 0.421. The second-order valence-corrected chi connectivity index (χ2v) is 6.63. The quantitative estimate of drug-likeness (QED) is 0.905. The van der Waals surface area contributed by atoms with E-state index in [9.17, 15) is 8.78 Å². The number of nitrogens with one attached hydrogen (secondary N) is 1. The predicted octanol–water partition coefficient (Wildman–Crippen LogP) is 3.81. The lowest BCUT2D eigenvalue weighted by Gasteiger charge is -2.31. The van der Waals surface area contributed by atoms with E-state index < -0.39 is 11.7 Å². The second kappa shape index (κ2) is 6.26. The monoisotopic (exact) mass is 345 g/mol. The van der Waals surface area contributed by atoms with Gasteiger partial charge in [0, 0.05) is 43.4 Å². The zero-order chi connectivity index (χ0) is 17.6. The van der Waals surface area contributed by atoms with Crippen LogP contribution in [0.5, 0.6) is 0 Å². The van der Waals surface area contributed by atoms with Crippen molar-refractivity contribution in [3.63, 3.8) is 0 Å². The number of hydrazine groups is 1. The number of benzene rings is 1. The molecule has 0 amide bonds. The minimum atomic E-state index is -0.671. The molecule has 2 heterocycles. The molecule has 2 unspecified atom stereocenters. The van der Waals surface area contributed by atoms with E-state index in [2.05, 4.69) is 29.5 Å². The summed E-state index contributed by atoms with van der Waals surface area (Å²) >= 11 is 0. The molecule has 3 aliphatic rings. The summed E-state index contributed by atoms with van der Waals surface area (Å²) in [6, 6.07) is 7.97. The first kappa shape index (κ1) is 16.3. The molecule has 1 aromatic carbocycles. The van der Waals surface area contributed by atoms with Gasteiger partial charge in [0.25, 0.3) is 0 Å².